The second-order valence-corrected chi connectivity index (χ2v) is 27.8. The van der Waals surface area contributed by atoms with Crippen LogP contribution in [-0.2, 0) is 57.0 Å². The predicted octanol–water partition coefficient (Wildman–Crippen LogP) is -1.69. The van der Waals surface area contributed by atoms with E-state index in [0.717, 1.165) is 25.7 Å². The van der Waals surface area contributed by atoms with Crippen molar-refractivity contribution >= 4 is 11.9 Å². The number of aliphatic carboxylic acids is 1. The van der Waals surface area contributed by atoms with Gasteiger partial charge < -0.3 is 114 Å². The largest absolute Gasteiger partial charge is 0.479 e. The Balaban J connectivity index is 0.968. The van der Waals surface area contributed by atoms with Crippen molar-refractivity contribution in [2.24, 2.45) is 50.2 Å². The molecule has 10 rings (SSSR count). The summed E-state index contributed by atoms with van der Waals surface area (Å²) >= 11 is 0. The van der Waals surface area contributed by atoms with Crippen LogP contribution in [0.1, 0.15) is 120 Å². The van der Waals surface area contributed by atoms with Gasteiger partial charge in [0.05, 0.1) is 49.1 Å². The molecule has 0 aromatic rings. The van der Waals surface area contributed by atoms with Gasteiger partial charge in [-0.05, 0) is 98.2 Å². The summed E-state index contributed by atoms with van der Waals surface area (Å²) in [4.78, 5) is 25.8. The summed E-state index contributed by atoms with van der Waals surface area (Å²) in [6, 6.07) is 0. The van der Waals surface area contributed by atoms with E-state index in [0.29, 0.717) is 38.7 Å². The van der Waals surface area contributed by atoms with Crippen molar-refractivity contribution in [3.8, 4) is 0 Å². The molecule has 13 N–H and O–H groups in total. The van der Waals surface area contributed by atoms with Gasteiger partial charge in [-0.1, -0.05) is 48.5 Å². The zero-order valence-corrected chi connectivity index (χ0v) is 47.7. The third-order valence-corrected chi connectivity index (χ3v) is 22.8. The summed E-state index contributed by atoms with van der Waals surface area (Å²) < 4.78 is 62.6. The van der Waals surface area contributed by atoms with Crippen molar-refractivity contribution in [1.29, 1.82) is 0 Å². The fourth-order valence-corrected chi connectivity index (χ4v) is 18.4. The van der Waals surface area contributed by atoms with E-state index in [1.54, 1.807) is 0 Å². The molecule has 0 radical (unpaired) electrons. The fraction of sp³-hybridized carbons (Fsp3) is 0.964. The number of aliphatic hydroxyl groups is 12. The van der Waals surface area contributed by atoms with Crippen LogP contribution in [0.5, 0.6) is 0 Å². The Morgan fingerprint density at radius 2 is 1.11 bits per heavy atom. The maximum Gasteiger partial charge on any atom is 0.335 e. The Hall–Kier alpha value is -1.90. The Bertz CT molecular complexity index is 2290. The van der Waals surface area contributed by atoms with E-state index in [1.807, 2.05) is 0 Å². The average Bonchev–Trinajstić information content (AvgIpc) is 1.69. The van der Waals surface area contributed by atoms with Gasteiger partial charge >= 0.3 is 11.9 Å². The number of fused-ring (bicyclic) bond motifs is 4. The number of carbonyl (C=O) groups is 2. The number of rotatable bonds is 12. The lowest BCUT2D eigenvalue weighted by Crippen LogP contribution is -2.75. The first-order valence-corrected chi connectivity index (χ1v) is 29.1. The second-order valence-electron chi connectivity index (χ2n) is 27.8. The molecule has 5 aliphatic carbocycles. The van der Waals surface area contributed by atoms with E-state index in [2.05, 4.69) is 48.5 Å². The highest BCUT2D eigenvalue weighted by molar-refractivity contribution is 5.73. The molecule has 5 aliphatic heterocycles. The molecule has 3 unspecified atom stereocenters. The number of carboxylic acids is 1. The third-order valence-electron chi connectivity index (χ3n) is 22.8. The van der Waals surface area contributed by atoms with Crippen LogP contribution < -0.4 is 0 Å². The maximum absolute atomic E-state index is 13.2. The molecule has 5 saturated heterocycles. The molecule has 81 heavy (non-hydrogen) atoms. The van der Waals surface area contributed by atoms with Crippen molar-refractivity contribution in [2.45, 2.75) is 267 Å². The molecule has 5 saturated carbocycles. The van der Waals surface area contributed by atoms with Crippen LogP contribution in [-0.4, -0.2) is 245 Å². The standard InChI is InChI=1S/C56H90O25/c1-22-32(61)35(64)38(67)46(73-22)80-43-37(66)34(63)25(20-58)76-48(43)78-41-40(69)42(45(70)71)79-49(44(41)81-47-39(68)36(65)33(62)24(19-57)75-47)77-30-12-13-52(7)26(51(30,5)6)10-14-53(8)27(52)11-15-56-28-16-50(3,4)18-31(74-23(2)59)55(28,21-72-56)29(60)17-54(53,56)9/h22,24-44,46-49,57-58,60-69H,10-21H2,1-9H3,(H,70,71)/t22-,24+,25+,26?,27?,28?,29+,30-,31-,32-,33+,34-,35+,36-,37-,38+,39+,40-,41-,42-,43+,44+,46-,47-,48-,49+,52-,53+,54-,55-,56-/m0/s1. The van der Waals surface area contributed by atoms with Gasteiger partial charge in [-0.15, -0.1) is 0 Å². The van der Waals surface area contributed by atoms with E-state index in [9.17, 15) is 76.0 Å². The zero-order chi connectivity index (χ0) is 59.2. The highest BCUT2D eigenvalue weighted by atomic mass is 16.8. The summed E-state index contributed by atoms with van der Waals surface area (Å²) in [6.45, 7) is 16.8. The summed E-state index contributed by atoms with van der Waals surface area (Å²) in [7, 11) is 0. The number of ether oxygens (including phenoxy) is 10. The monoisotopic (exact) mass is 1160 g/mol. The first-order chi connectivity index (χ1) is 37.8. The summed E-state index contributed by atoms with van der Waals surface area (Å²) in [5, 5.41) is 144. The number of carbonyl (C=O) groups excluding carboxylic acids is 1. The molecule has 25 heteroatoms. The van der Waals surface area contributed by atoms with Gasteiger partial charge in [0.15, 0.2) is 31.3 Å². The van der Waals surface area contributed by atoms with Crippen LogP contribution in [0.3, 0.4) is 0 Å². The van der Waals surface area contributed by atoms with Crippen LogP contribution in [0.15, 0.2) is 0 Å². The third kappa shape index (κ3) is 9.51. The van der Waals surface area contributed by atoms with Crippen LogP contribution in [0.2, 0.25) is 0 Å². The molecule has 0 aromatic carbocycles. The minimum Gasteiger partial charge on any atom is -0.479 e. The van der Waals surface area contributed by atoms with Gasteiger partial charge in [0.2, 0.25) is 0 Å². The molecule has 2 bridgehead atoms. The van der Waals surface area contributed by atoms with Crippen LogP contribution >= 0.6 is 0 Å². The van der Waals surface area contributed by atoms with E-state index >= 15 is 0 Å². The van der Waals surface area contributed by atoms with Crippen molar-refractivity contribution in [2.75, 3.05) is 19.8 Å². The molecular formula is C56H90O25. The van der Waals surface area contributed by atoms with Gasteiger partial charge in [-0.25, -0.2) is 4.79 Å². The van der Waals surface area contributed by atoms with Crippen molar-refractivity contribution in [1.82, 2.24) is 0 Å². The molecule has 25 nitrogen and oxygen atoms in total. The van der Waals surface area contributed by atoms with Crippen LogP contribution in [0, 0.1) is 50.2 Å². The van der Waals surface area contributed by atoms with Gasteiger partial charge in [-0.2, -0.15) is 0 Å². The van der Waals surface area contributed by atoms with E-state index in [1.165, 1.54) is 13.8 Å². The Kier molecular flexibility index (Phi) is 16.7. The SMILES string of the molecule is CC(=O)O[C@H]1CC(C)(C)CC2[C@]13CO[C@@]21CCC2[C@@]4(C)CC[C@H](O[C@@H]5O[C@H](C(=O)O)[C@@H](O)[C@H](O[C@@H]6O[C@H](CO)[C@H](O)[C@H](O)[C@H]6O[C@@H]6O[C@@H](C)[C@H](O)[C@@H](O)[C@H]6O)[C@H]5O[C@@H]5O[C@H](CO)[C@@H](O)[C@H](O)[C@H]5O)C(C)(C)C4CC[C@@]2(C)[C@]1(C)C[C@H]3O. The smallest absolute Gasteiger partial charge is 0.335 e. The minimum absolute atomic E-state index is 0.0450. The quantitative estimate of drug-likeness (QED) is 0.0766. The van der Waals surface area contributed by atoms with Gasteiger partial charge in [0.25, 0.3) is 0 Å². The highest BCUT2D eigenvalue weighted by Crippen LogP contribution is 2.81. The molecule has 5 heterocycles. The zero-order valence-electron chi connectivity index (χ0n) is 47.7. The number of carboxylic acid groups (broad SMARTS) is 1. The number of hydrogen-bond acceptors (Lipinski definition) is 24. The Morgan fingerprint density at radius 1 is 0.543 bits per heavy atom. The van der Waals surface area contributed by atoms with E-state index in [-0.39, 0.29) is 40.0 Å². The topological polar surface area (TPSA) is 389 Å². The lowest BCUT2D eigenvalue weighted by atomic mass is 9.30. The lowest BCUT2D eigenvalue weighted by molar-refractivity contribution is -0.406. The fourth-order valence-electron chi connectivity index (χ4n) is 18.4. The van der Waals surface area contributed by atoms with Gasteiger partial charge in [-0.3, -0.25) is 4.79 Å². The number of hydrogen-bond donors (Lipinski definition) is 13. The molecule has 464 valence electrons. The molecule has 0 amide bonds. The molecular weight excluding hydrogens is 1070 g/mol. The first-order valence-electron chi connectivity index (χ1n) is 29.1. The molecule has 31 atom stereocenters. The first kappa shape index (κ1) is 62.2. The maximum atomic E-state index is 13.2. The van der Waals surface area contributed by atoms with Crippen LogP contribution in [0.25, 0.3) is 0 Å². The molecule has 1 spiro atoms. The van der Waals surface area contributed by atoms with Gasteiger partial charge in [0, 0.05) is 18.3 Å². The second kappa shape index (κ2) is 21.8. The molecule has 10 aliphatic rings. The predicted molar refractivity (Wildman–Crippen MR) is 272 cm³/mol. The van der Waals surface area contributed by atoms with Crippen molar-refractivity contribution < 1.29 is 123 Å². The van der Waals surface area contributed by atoms with Crippen molar-refractivity contribution in [3.05, 3.63) is 0 Å². The summed E-state index contributed by atoms with van der Waals surface area (Å²) in [6.07, 6.45) is -33.6. The molecule has 0 aromatic heterocycles. The van der Waals surface area contributed by atoms with Crippen LogP contribution in [0.4, 0.5) is 0 Å². The number of aliphatic hydroxyl groups excluding tert-OH is 12. The average molecular weight is 1160 g/mol. The summed E-state index contributed by atoms with van der Waals surface area (Å²) in [5.74, 6) is -2.06. The van der Waals surface area contributed by atoms with E-state index in [4.69, 9.17) is 47.4 Å². The summed E-state index contributed by atoms with van der Waals surface area (Å²) in [5.41, 5.74) is -3.43. The normalized spacial score (nSPS) is 55.6. The van der Waals surface area contributed by atoms with E-state index < -0.39 is 182 Å². The van der Waals surface area contributed by atoms with Gasteiger partial charge in [0.1, 0.15) is 91.6 Å². The molecule has 10 fully saturated rings. The Labute approximate surface area is 471 Å². The Morgan fingerprint density at radius 3 is 1.74 bits per heavy atom. The number of esters is 1. The highest BCUT2D eigenvalue weighted by Gasteiger charge is 2.82. The minimum atomic E-state index is -2.25. The van der Waals surface area contributed by atoms with Crippen molar-refractivity contribution in [3.63, 3.8) is 0 Å². The lowest BCUT2D eigenvalue weighted by Gasteiger charge is -2.75.